The number of halogens is 5. The highest BCUT2D eigenvalue weighted by atomic mass is 35.5. The minimum absolute atomic E-state index is 0.0385. The van der Waals surface area contributed by atoms with Crippen LogP contribution in [0.25, 0.3) is 0 Å². The maximum Gasteiger partial charge on any atom is 0.416 e. The van der Waals surface area contributed by atoms with E-state index in [9.17, 15) is 31.2 Å². The van der Waals surface area contributed by atoms with Crippen LogP contribution < -0.4 is 9.62 Å². The number of alkyl halides is 3. The van der Waals surface area contributed by atoms with Crippen LogP contribution in [0.15, 0.2) is 42.5 Å². The van der Waals surface area contributed by atoms with E-state index in [1.165, 1.54) is 6.92 Å². The van der Waals surface area contributed by atoms with Crippen molar-refractivity contribution < 1.29 is 31.2 Å². The van der Waals surface area contributed by atoms with Crippen LogP contribution in [0.3, 0.4) is 0 Å². The van der Waals surface area contributed by atoms with Crippen LogP contribution in [0.4, 0.5) is 18.9 Å². The number of carbonyl (C=O) groups is 2. The summed E-state index contributed by atoms with van der Waals surface area (Å²) in [6, 6.07) is 7.29. The van der Waals surface area contributed by atoms with Crippen LogP contribution >= 0.6 is 23.2 Å². The van der Waals surface area contributed by atoms with Crippen molar-refractivity contribution >= 4 is 50.7 Å². The first-order valence-corrected chi connectivity index (χ1v) is 14.5. The van der Waals surface area contributed by atoms with E-state index >= 15 is 0 Å². The zero-order valence-electron chi connectivity index (χ0n) is 20.8. The monoisotopic (exact) mass is 593 g/mol. The lowest BCUT2D eigenvalue weighted by Gasteiger charge is -2.32. The molecule has 0 bridgehead atoms. The Morgan fingerprint density at radius 1 is 1.08 bits per heavy atom. The van der Waals surface area contributed by atoms with Crippen LogP contribution in [0.2, 0.25) is 10.0 Å². The zero-order valence-corrected chi connectivity index (χ0v) is 23.1. The smallest absolute Gasteiger partial charge is 0.352 e. The predicted octanol–water partition coefficient (Wildman–Crippen LogP) is 5.25. The summed E-state index contributed by atoms with van der Waals surface area (Å²) >= 11 is 12.6. The Labute approximate surface area is 229 Å². The SMILES string of the molecule is C[C@@H](C(=O)NC1CCCC1)N(Cc1c(Cl)cccc1Cl)C(=O)CN(c1cccc(C(F)(F)F)c1)S(C)(=O)=O. The molecule has 2 aromatic rings. The van der Waals surface area contributed by atoms with Crippen LogP contribution in [-0.2, 0) is 32.3 Å². The molecule has 0 unspecified atom stereocenters. The number of sulfonamides is 1. The second-order valence-electron chi connectivity index (χ2n) is 9.21. The van der Waals surface area contributed by atoms with Crippen molar-refractivity contribution in [3.8, 4) is 0 Å². The first kappa shape index (κ1) is 30.0. The van der Waals surface area contributed by atoms with Crippen LogP contribution in [-0.4, -0.2) is 50.0 Å². The maximum absolute atomic E-state index is 13.6. The average molecular weight is 594 g/mol. The lowest BCUT2D eigenvalue weighted by molar-refractivity contribution is -0.139. The number of rotatable bonds is 9. The van der Waals surface area contributed by atoms with E-state index in [1.54, 1.807) is 18.2 Å². The number of hydrogen-bond acceptors (Lipinski definition) is 4. The quantitative estimate of drug-likeness (QED) is 0.430. The summed E-state index contributed by atoms with van der Waals surface area (Å²) in [5.74, 6) is -1.27. The summed E-state index contributed by atoms with van der Waals surface area (Å²) in [6.45, 7) is 0.419. The molecule has 0 radical (unpaired) electrons. The van der Waals surface area contributed by atoms with E-state index in [0.29, 0.717) is 15.9 Å². The van der Waals surface area contributed by atoms with E-state index in [0.717, 1.165) is 55.0 Å². The molecule has 0 aromatic heterocycles. The molecule has 208 valence electrons. The fraction of sp³-hybridized carbons (Fsp3) is 0.440. The van der Waals surface area contributed by atoms with Gasteiger partial charge in [-0.3, -0.25) is 13.9 Å². The maximum atomic E-state index is 13.6. The molecule has 1 N–H and O–H groups in total. The molecule has 3 rings (SSSR count). The van der Waals surface area contributed by atoms with Crippen molar-refractivity contribution in [2.45, 2.75) is 57.4 Å². The molecule has 0 saturated heterocycles. The Balaban J connectivity index is 1.96. The minimum Gasteiger partial charge on any atom is -0.352 e. The lowest BCUT2D eigenvalue weighted by atomic mass is 10.1. The molecular formula is C25H28Cl2F3N3O4S. The molecule has 1 aliphatic carbocycles. The van der Waals surface area contributed by atoms with E-state index in [2.05, 4.69) is 5.32 Å². The predicted molar refractivity (Wildman–Crippen MR) is 141 cm³/mol. The highest BCUT2D eigenvalue weighted by Gasteiger charge is 2.34. The molecule has 1 atom stereocenters. The lowest BCUT2D eigenvalue weighted by Crippen LogP contribution is -2.52. The van der Waals surface area contributed by atoms with Crippen molar-refractivity contribution in [3.05, 3.63) is 63.6 Å². The second kappa shape index (κ2) is 12.1. The van der Waals surface area contributed by atoms with Gasteiger partial charge in [0, 0.05) is 28.2 Å². The molecule has 0 aliphatic heterocycles. The van der Waals surface area contributed by atoms with Crippen LogP contribution in [0.1, 0.15) is 43.7 Å². The van der Waals surface area contributed by atoms with Crippen LogP contribution in [0, 0.1) is 0 Å². The molecule has 7 nitrogen and oxygen atoms in total. The normalized spacial score (nSPS) is 15.2. The number of nitrogens with one attached hydrogen (secondary N) is 1. The van der Waals surface area contributed by atoms with Gasteiger partial charge in [0.05, 0.1) is 17.5 Å². The van der Waals surface area contributed by atoms with Gasteiger partial charge < -0.3 is 10.2 Å². The van der Waals surface area contributed by atoms with Gasteiger partial charge in [0.25, 0.3) is 0 Å². The Bertz CT molecular complexity index is 1260. The summed E-state index contributed by atoms with van der Waals surface area (Å²) in [5.41, 5.74) is -1.07. The molecule has 2 aromatic carbocycles. The van der Waals surface area contributed by atoms with Gasteiger partial charge in [-0.05, 0) is 50.1 Å². The molecule has 1 aliphatic rings. The summed E-state index contributed by atoms with van der Waals surface area (Å²) in [5, 5.41) is 3.38. The first-order chi connectivity index (χ1) is 17.7. The molecule has 1 saturated carbocycles. The topological polar surface area (TPSA) is 86.8 Å². The summed E-state index contributed by atoms with van der Waals surface area (Å²) in [4.78, 5) is 27.8. The highest BCUT2D eigenvalue weighted by Crippen LogP contribution is 2.32. The molecule has 38 heavy (non-hydrogen) atoms. The van der Waals surface area contributed by atoms with Gasteiger partial charge in [-0.15, -0.1) is 0 Å². The number of nitrogens with zero attached hydrogens (tertiary/aromatic N) is 2. The number of hydrogen-bond donors (Lipinski definition) is 1. The summed E-state index contributed by atoms with van der Waals surface area (Å²) < 4.78 is 65.6. The summed E-state index contributed by atoms with van der Waals surface area (Å²) in [7, 11) is -4.20. The van der Waals surface area contributed by atoms with Gasteiger partial charge in [-0.1, -0.05) is 48.2 Å². The van der Waals surface area contributed by atoms with Gasteiger partial charge in [0.2, 0.25) is 21.8 Å². The van der Waals surface area contributed by atoms with Gasteiger partial charge in [0.15, 0.2) is 0 Å². The third-order valence-electron chi connectivity index (χ3n) is 6.40. The van der Waals surface area contributed by atoms with E-state index in [1.807, 2.05) is 0 Å². The first-order valence-electron chi connectivity index (χ1n) is 11.9. The number of amides is 2. The largest absolute Gasteiger partial charge is 0.416 e. The van der Waals surface area contributed by atoms with Crippen molar-refractivity contribution in [1.29, 1.82) is 0 Å². The van der Waals surface area contributed by atoms with Gasteiger partial charge in [0.1, 0.15) is 12.6 Å². The fourth-order valence-corrected chi connectivity index (χ4v) is 5.64. The third-order valence-corrected chi connectivity index (χ3v) is 8.25. The van der Waals surface area contributed by atoms with Crippen molar-refractivity contribution in [3.63, 3.8) is 0 Å². The van der Waals surface area contributed by atoms with E-state index < -0.39 is 46.2 Å². The Morgan fingerprint density at radius 2 is 1.66 bits per heavy atom. The Kier molecular flexibility index (Phi) is 9.59. The number of carbonyl (C=O) groups excluding carboxylic acids is 2. The Morgan fingerprint density at radius 3 is 2.21 bits per heavy atom. The average Bonchev–Trinajstić information content (AvgIpc) is 3.33. The summed E-state index contributed by atoms with van der Waals surface area (Å²) in [6.07, 6.45) is -0.385. The standard InChI is InChI=1S/C25H28Cl2F3N3O4S/c1-16(24(35)31-18-8-3-4-9-18)32(14-20-21(26)11-6-12-22(20)27)23(34)15-33(38(2,36)37)19-10-5-7-17(13-19)25(28,29)30/h5-7,10-13,16,18H,3-4,8-9,14-15H2,1-2H3,(H,31,35)/t16-/m0/s1. The molecular weight excluding hydrogens is 566 g/mol. The number of benzene rings is 2. The van der Waals surface area contributed by atoms with Crippen LogP contribution in [0.5, 0.6) is 0 Å². The molecule has 2 amide bonds. The Hall–Kier alpha value is -2.50. The molecule has 0 heterocycles. The van der Waals surface area contributed by atoms with Crippen molar-refractivity contribution in [2.24, 2.45) is 0 Å². The van der Waals surface area contributed by atoms with Gasteiger partial charge in [-0.25, -0.2) is 8.42 Å². The third kappa shape index (κ3) is 7.54. The van der Waals surface area contributed by atoms with Gasteiger partial charge >= 0.3 is 6.18 Å². The van der Waals surface area contributed by atoms with Gasteiger partial charge in [-0.2, -0.15) is 13.2 Å². The highest BCUT2D eigenvalue weighted by molar-refractivity contribution is 7.92. The van der Waals surface area contributed by atoms with Crippen molar-refractivity contribution in [2.75, 3.05) is 17.1 Å². The molecule has 13 heteroatoms. The second-order valence-corrected chi connectivity index (χ2v) is 11.9. The zero-order chi connectivity index (χ0) is 28.3. The van der Waals surface area contributed by atoms with Crippen molar-refractivity contribution in [1.82, 2.24) is 10.2 Å². The van der Waals surface area contributed by atoms with E-state index in [-0.39, 0.29) is 28.3 Å². The molecule has 1 fully saturated rings. The molecule has 0 spiro atoms. The minimum atomic E-state index is -4.72. The number of anilines is 1. The van der Waals surface area contributed by atoms with E-state index in [4.69, 9.17) is 23.2 Å². The fourth-order valence-electron chi connectivity index (χ4n) is 4.28.